The van der Waals surface area contributed by atoms with E-state index in [9.17, 15) is 49.2 Å². The van der Waals surface area contributed by atoms with Crippen LogP contribution in [0.5, 0.6) is 17.2 Å². The zero-order chi connectivity index (χ0) is 48.1. The molecule has 352 valence electrons. The molecule has 18 nitrogen and oxygen atoms in total. The van der Waals surface area contributed by atoms with E-state index >= 15 is 0 Å². The second-order valence-corrected chi connectivity index (χ2v) is 17.9. The number of aliphatic hydroxyl groups excluding tert-OH is 1. The molecule has 4 aromatic rings. The van der Waals surface area contributed by atoms with Crippen molar-refractivity contribution in [2.75, 3.05) is 26.9 Å². The maximum Gasteiger partial charge on any atom is 0.407 e. The molecule has 8 rings (SSSR count). The Balaban J connectivity index is 1.01. The quantitative estimate of drug-likeness (QED) is 0.0598. The smallest absolute Gasteiger partial charge is 0.407 e. The molecular formula is C49H50N2O16. The number of carbonyl (C=O) groups is 6. The monoisotopic (exact) mass is 922 g/mol. The minimum atomic E-state index is -2.52. The molecule has 4 aliphatic rings. The van der Waals surface area contributed by atoms with Crippen molar-refractivity contribution in [1.29, 1.82) is 0 Å². The van der Waals surface area contributed by atoms with Gasteiger partial charge in [-0.2, -0.15) is 0 Å². The number of carbonyl (C=O) groups excluding carboxylic acids is 6. The third-order valence-corrected chi connectivity index (χ3v) is 12.4. The van der Waals surface area contributed by atoms with Crippen LogP contribution in [0.25, 0.3) is 11.1 Å². The largest absolute Gasteiger partial charge is 0.507 e. The molecule has 67 heavy (non-hydrogen) atoms. The summed E-state index contributed by atoms with van der Waals surface area (Å²) >= 11 is 0. The summed E-state index contributed by atoms with van der Waals surface area (Å²) in [5, 5.41) is 51.9. The predicted molar refractivity (Wildman–Crippen MR) is 234 cm³/mol. The van der Waals surface area contributed by atoms with E-state index < -0.39 is 126 Å². The maximum atomic E-state index is 14.1. The van der Waals surface area contributed by atoms with Gasteiger partial charge in [-0.3, -0.25) is 19.2 Å². The van der Waals surface area contributed by atoms with Crippen LogP contribution in [0.15, 0.2) is 66.7 Å². The van der Waals surface area contributed by atoms with E-state index in [1.54, 1.807) is 20.8 Å². The molecule has 0 saturated carbocycles. The number of hydrogen-bond acceptors (Lipinski definition) is 16. The molecule has 2 amide bonds. The number of benzene rings is 4. The van der Waals surface area contributed by atoms with E-state index in [2.05, 4.69) is 10.6 Å². The molecule has 18 heteroatoms. The van der Waals surface area contributed by atoms with Crippen molar-refractivity contribution < 1.29 is 77.6 Å². The van der Waals surface area contributed by atoms with Gasteiger partial charge in [0.15, 0.2) is 18.7 Å². The van der Waals surface area contributed by atoms with Gasteiger partial charge in [0, 0.05) is 41.9 Å². The van der Waals surface area contributed by atoms with Crippen molar-refractivity contribution in [2.45, 2.75) is 94.7 Å². The van der Waals surface area contributed by atoms with Gasteiger partial charge in [-0.15, -0.1) is 0 Å². The van der Waals surface area contributed by atoms with E-state index in [0.29, 0.717) is 0 Å². The van der Waals surface area contributed by atoms with Gasteiger partial charge < -0.3 is 59.5 Å². The lowest BCUT2D eigenvalue weighted by Crippen LogP contribution is -2.56. The maximum absolute atomic E-state index is 14.1. The fraction of sp³-hybridized carbons (Fsp3) is 0.388. The lowest BCUT2D eigenvalue weighted by molar-refractivity contribution is -0.249. The molecule has 5 unspecified atom stereocenters. The average molecular weight is 923 g/mol. The predicted octanol–water partition coefficient (Wildman–Crippen LogP) is 4.66. The Morgan fingerprint density at radius 2 is 1.48 bits per heavy atom. The molecule has 1 saturated heterocycles. The standard InChI is InChI=1S/C49H50N2O16/c1-23-41(54)31(51-47(60)67-48(2,3)4)17-36(65-23)66-33-19-49(61,18-29-38(33)45(58)40-39(43(29)56)42(55)28-15-10-16-32(62-5)37(28)44(40)57)34(52)22-63-35(53)20-50-46(59)64-21-30-26-13-8-6-11-24(26)25-12-7-9-14-27(25)30/h6-16,23,30-31,33,36,41,54,56,58,61H,17-22H2,1-5H3,(H,50,59)(H,51,60)/t23?,31?,33-,36?,41?,49?/m1/s1. The number of hydrogen-bond donors (Lipinski definition) is 6. The highest BCUT2D eigenvalue weighted by molar-refractivity contribution is 6.31. The summed E-state index contributed by atoms with van der Waals surface area (Å²) in [5.74, 6) is -5.69. The Morgan fingerprint density at radius 1 is 0.836 bits per heavy atom. The first kappa shape index (κ1) is 46.7. The number of phenolic OH excluding ortho intramolecular Hbond substituents is 2. The second kappa shape index (κ2) is 18.1. The fourth-order valence-corrected chi connectivity index (χ4v) is 9.30. The third-order valence-electron chi connectivity index (χ3n) is 12.4. The number of rotatable bonds is 11. The summed E-state index contributed by atoms with van der Waals surface area (Å²) < 4.78 is 33.6. The molecule has 3 aliphatic carbocycles. The molecule has 0 bridgehead atoms. The van der Waals surface area contributed by atoms with Crippen molar-refractivity contribution in [2.24, 2.45) is 0 Å². The number of esters is 1. The number of nitrogens with one attached hydrogen (secondary N) is 2. The molecule has 1 aliphatic heterocycles. The summed E-state index contributed by atoms with van der Waals surface area (Å²) in [5.41, 5.74) is -1.40. The molecule has 6 N–H and O–H groups in total. The van der Waals surface area contributed by atoms with Gasteiger partial charge >= 0.3 is 18.2 Å². The van der Waals surface area contributed by atoms with Gasteiger partial charge in [0.25, 0.3) is 0 Å². The van der Waals surface area contributed by atoms with Crippen molar-refractivity contribution in [1.82, 2.24) is 10.6 Å². The van der Waals surface area contributed by atoms with Crippen LogP contribution in [0.4, 0.5) is 9.59 Å². The average Bonchev–Trinajstić information content (AvgIpc) is 3.60. The molecule has 6 atom stereocenters. The Morgan fingerprint density at radius 3 is 2.13 bits per heavy atom. The Kier molecular flexibility index (Phi) is 12.6. The van der Waals surface area contributed by atoms with Gasteiger partial charge in [0.05, 0.1) is 42.0 Å². The summed E-state index contributed by atoms with van der Waals surface area (Å²) in [6.07, 6.45) is -8.56. The Bertz CT molecular complexity index is 2650. The highest BCUT2D eigenvalue weighted by Crippen LogP contribution is 2.53. The van der Waals surface area contributed by atoms with Crippen LogP contribution in [0, 0.1) is 0 Å². The normalized spacial score (nSPS) is 22.8. The lowest BCUT2D eigenvalue weighted by atomic mass is 9.72. The number of methoxy groups -OCH3 is 1. The molecule has 0 radical (unpaired) electrons. The number of aliphatic hydroxyl groups is 2. The molecule has 4 aromatic carbocycles. The highest BCUT2D eigenvalue weighted by Gasteiger charge is 2.51. The minimum Gasteiger partial charge on any atom is -0.507 e. The van der Waals surface area contributed by atoms with E-state index in [1.807, 2.05) is 48.5 Å². The van der Waals surface area contributed by atoms with Gasteiger partial charge in [-0.05, 0) is 56.0 Å². The SMILES string of the molecule is COc1cccc2c1C(=O)c1c(O)c3c(c(O)c1C2=O)CC(O)(C(=O)COC(=O)CNC(=O)OCC1c2ccccc2-c2ccccc21)C[C@H]3OC1CC(NC(=O)OC(C)(C)C)C(O)C(C)O1. The van der Waals surface area contributed by atoms with Gasteiger partial charge in [-0.25, -0.2) is 9.59 Å². The van der Waals surface area contributed by atoms with E-state index in [-0.39, 0.29) is 46.9 Å². The first-order valence-corrected chi connectivity index (χ1v) is 21.7. The first-order chi connectivity index (χ1) is 31.8. The van der Waals surface area contributed by atoms with E-state index in [1.165, 1.54) is 32.2 Å². The van der Waals surface area contributed by atoms with E-state index in [4.69, 9.17) is 28.4 Å². The van der Waals surface area contributed by atoms with E-state index in [0.717, 1.165) is 22.3 Å². The number of phenols is 2. The van der Waals surface area contributed by atoms with Crippen molar-refractivity contribution >= 4 is 35.5 Å². The van der Waals surface area contributed by atoms with Crippen LogP contribution < -0.4 is 15.4 Å². The number of ether oxygens (including phenoxy) is 6. The van der Waals surface area contributed by atoms with Crippen LogP contribution in [0.1, 0.15) is 107 Å². The van der Waals surface area contributed by atoms with Crippen LogP contribution in [-0.4, -0.2) is 119 Å². The van der Waals surface area contributed by atoms with Crippen LogP contribution in [-0.2, 0) is 39.7 Å². The Hall–Kier alpha value is -6.86. The summed E-state index contributed by atoms with van der Waals surface area (Å²) in [4.78, 5) is 80.5. The number of ketones is 3. The zero-order valence-electron chi connectivity index (χ0n) is 37.2. The topological polar surface area (TPSA) is 263 Å². The number of amides is 2. The van der Waals surface area contributed by atoms with Crippen molar-refractivity contribution in [3.63, 3.8) is 0 Å². The van der Waals surface area contributed by atoms with Gasteiger partial charge in [0.1, 0.15) is 47.7 Å². The third kappa shape index (κ3) is 8.92. The summed E-state index contributed by atoms with van der Waals surface area (Å²) in [7, 11) is 1.29. The number of Topliss-reactive ketones (excluding diaryl/α,β-unsaturated/α-hetero) is 1. The van der Waals surface area contributed by atoms with Crippen LogP contribution in [0.2, 0.25) is 0 Å². The summed E-state index contributed by atoms with van der Waals surface area (Å²) in [6.45, 7) is 4.71. The Labute approximate surface area is 384 Å². The lowest BCUT2D eigenvalue weighted by Gasteiger charge is -2.43. The summed E-state index contributed by atoms with van der Waals surface area (Å²) in [6, 6.07) is 18.8. The van der Waals surface area contributed by atoms with Crippen LogP contribution in [0.3, 0.4) is 0 Å². The molecule has 1 fully saturated rings. The highest BCUT2D eigenvalue weighted by atomic mass is 16.7. The van der Waals surface area contributed by atoms with Gasteiger partial charge in [0.2, 0.25) is 11.6 Å². The molecular weight excluding hydrogens is 873 g/mol. The molecule has 0 spiro atoms. The number of fused-ring (bicyclic) bond motifs is 6. The number of aromatic hydroxyl groups is 2. The molecule has 1 heterocycles. The van der Waals surface area contributed by atoms with Crippen molar-refractivity contribution in [3.05, 3.63) is 111 Å². The molecule has 0 aromatic heterocycles. The first-order valence-electron chi connectivity index (χ1n) is 21.7. The van der Waals surface area contributed by atoms with Crippen molar-refractivity contribution in [3.8, 4) is 28.4 Å². The van der Waals surface area contributed by atoms with Crippen LogP contribution >= 0.6 is 0 Å². The number of alkyl carbamates (subject to hydrolysis) is 2. The second-order valence-electron chi connectivity index (χ2n) is 17.9. The zero-order valence-corrected chi connectivity index (χ0v) is 37.2. The fourth-order valence-electron chi connectivity index (χ4n) is 9.30. The van der Waals surface area contributed by atoms with Gasteiger partial charge in [-0.1, -0.05) is 60.7 Å². The minimum absolute atomic E-state index is 0.0243.